The highest BCUT2D eigenvalue weighted by atomic mass is 16.2. The number of hydrogen-bond donors (Lipinski definition) is 2. The Bertz CT molecular complexity index is 473. The van der Waals surface area contributed by atoms with Crippen LogP contribution in [0.15, 0.2) is 30.3 Å². The minimum atomic E-state index is -0.389. The van der Waals surface area contributed by atoms with Gasteiger partial charge in [0.1, 0.15) is 6.04 Å². The van der Waals surface area contributed by atoms with Gasteiger partial charge in [0.05, 0.1) is 0 Å². The molecule has 0 radical (unpaired) electrons. The number of carbonyl (C=O) groups is 2. The van der Waals surface area contributed by atoms with E-state index in [0.717, 1.165) is 5.56 Å². The maximum absolute atomic E-state index is 12.3. The Hall–Kier alpha value is -2.04. The Morgan fingerprint density at radius 1 is 1.40 bits per heavy atom. The fourth-order valence-corrected chi connectivity index (χ4v) is 2.45. The first-order valence-corrected chi connectivity index (χ1v) is 6.95. The van der Waals surface area contributed by atoms with E-state index in [0.29, 0.717) is 19.6 Å². The molecule has 20 heavy (non-hydrogen) atoms. The predicted molar refractivity (Wildman–Crippen MR) is 77.0 cm³/mol. The summed E-state index contributed by atoms with van der Waals surface area (Å²) in [4.78, 5) is 25.8. The summed E-state index contributed by atoms with van der Waals surface area (Å²) >= 11 is 0. The van der Waals surface area contributed by atoms with Crippen molar-refractivity contribution in [3.8, 4) is 0 Å². The van der Waals surface area contributed by atoms with E-state index in [1.807, 2.05) is 44.2 Å². The normalized spacial score (nSPS) is 18.9. The average Bonchev–Trinajstić information content (AvgIpc) is 2.45. The quantitative estimate of drug-likeness (QED) is 0.875. The van der Waals surface area contributed by atoms with Crippen LogP contribution in [0.1, 0.15) is 19.4 Å². The molecule has 0 aliphatic carbocycles. The van der Waals surface area contributed by atoms with Gasteiger partial charge in [-0.2, -0.15) is 0 Å². The van der Waals surface area contributed by atoms with Crippen LogP contribution in [-0.4, -0.2) is 36.0 Å². The molecule has 0 bridgehead atoms. The Morgan fingerprint density at radius 3 is 2.75 bits per heavy atom. The van der Waals surface area contributed by atoms with Crippen molar-refractivity contribution in [2.75, 3.05) is 13.1 Å². The molecule has 2 N–H and O–H groups in total. The zero-order valence-electron chi connectivity index (χ0n) is 11.9. The van der Waals surface area contributed by atoms with Crippen molar-refractivity contribution < 1.29 is 9.59 Å². The number of piperazine rings is 1. The SMILES string of the molecule is CC(C)C1C(=O)NCCN1C(=O)NCc1ccccc1. The molecule has 5 heteroatoms. The topological polar surface area (TPSA) is 61.4 Å². The minimum absolute atomic E-state index is 0.0684. The molecule has 5 nitrogen and oxygen atoms in total. The number of urea groups is 1. The molecule has 0 spiro atoms. The first kappa shape index (κ1) is 14.4. The largest absolute Gasteiger partial charge is 0.353 e. The van der Waals surface area contributed by atoms with Gasteiger partial charge in [0.15, 0.2) is 0 Å². The number of amides is 3. The molecule has 1 fully saturated rings. The van der Waals surface area contributed by atoms with E-state index in [4.69, 9.17) is 0 Å². The highest BCUT2D eigenvalue weighted by molar-refractivity contribution is 5.88. The van der Waals surface area contributed by atoms with Crippen molar-refractivity contribution in [3.63, 3.8) is 0 Å². The van der Waals surface area contributed by atoms with E-state index in [1.54, 1.807) is 4.90 Å². The van der Waals surface area contributed by atoms with Gasteiger partial charge in [0, 0.05) is 19.6 Å². The summed E-state index contributed by atoms with van der Waals surface area (Å²) in [7, 11) is 0. The molecule has 1 saturated heterocycles. The van der Waals surface area contributed by atoms with Gasteiger partial charge in [-0.3, -0.25) is 4.79 Å². The molecule has 1 atom stereocenters. The molecule has 0 aromatic heterocycles. The van der Waals surface area contributed by atoms with Gasteiger partial charge in [0.25, 0.3) is 0 Å². The number of benzene rings is 1. The maximum atomic E-state index is 12.3. The van der Waals surface area contributed by atoms with Crippen molar-refractivity contribution >= 4 is 11.9 Å². The lowest BCUT2D eigenvalue weighted by Gasteiger charge is -2.37. The first-order valence-electron chi connectivity index (χ1n) is 6.95. The Balaban J connectivity index is 1.98. The summed E-state index contributed by atoms with van der Waals surface area (Å²) in [6.45, 7) is 5.44. The van der Waals surface area contributed by atoms with Gasteiger partial charge in [-0.05, 0) is 11.5 Å². The maximum Gasteiger partial charge on any atom is 0.318 e. The lowest BCUT2D eigenvalue weighted by atomic mass is 10.00. The lowest BCUT2D eigenvalue weighted by Crippen LogP contribution is -2.61. The summed E-state index contributed by atoms with van der Waals surface area (Å²) in [5.74, 6) is 0.0267. The third kappa shape index (κ3) is 3.29. The molecule has 1 aliphatic heterocycles. The summed E-state index contributed by atoms with van der Waals surface area (Å²) < 4.78 is 0. The van der Waals surface area contributed by atoms with Crippen molar-refractivity contribution in [1.82, 2.24) is 15.5 Å². The van der Waals surface area contributed by atoms with E-state index < -0.39 is 0 Å². The fraction of sp³-hybridized carbons (Fsp3) is 0.467. The van der Waals surface area contributed by atoms with Gasteiger partial charge < -0.3 is 15.5 Å². The second kappa shape index (κ2) is 6.41. The Kier molecular flexibility index (Phi) is 4.61. The molecule has 108 valence electrons. The van der Waals surface area contributed by atoms with Crippen molar-refractivity contribution in [2.24, 2.45) is 5.92 Å². The van der Waals surface area contributed by atoms with Gasteiger partial charge in [-0.1, -0.05) is 44.2 Å². The van der Waals surface area contributed by atoms with Crippen LogP contribution in [-0.2, 0) is 11.3 Å². The van der Waals surface area contributed by atoms with Gasteiger partial charge in [0.2, 0.25) is 5.91 Å². The molecule has 1 aromatic carbocycles. The third-order valence-corrected chi connectivity index (χ3v) is 3.44. The monoisotopic (exact) mass is 275 g/mol. The Labute approximate surface area is 119 Å². The predicted octanol–water partition coefficient (Wildman–Crippen LogP) is 1.35. The molecule has 0 saturated carbocycles. The second-order valence-corrected chi connectivity index (χ2v) is 5.32. The smallest absolute Gasteiger partial charge is 0.318 e. The van der Waals surface area contributed by atoms with Crippen LogP contribution in [0.4, 0.5) is 4.79 Å². The summed E-state index contributed by atoms with van der Waals surface area (Å²) in [6, 6.07) is 9.17. The average molecular weight is 275 g/mol. The van der Waals surface area contributed by atoms with Crippen molar-refractivity contribution in [3.05, 3.63) is 35.9 Å². The van der Waals surface area contributed by atoms with Crippen LogP contribution in [0.25, 0.3) is 0 Å². The summed E-state index contributed by atoms with van der Waals surface area (Å²) in [5.41, 5.74) is 1.04. The number of hydrogen-bond acceptors (Lipinski definition) is 2. The molecule has 1 unspecified atom stereocenters. The van der Waals surface area contributed by atoms with Gasteiger partial charge in [-0.15, -0.1) is 0 Å². The number of rotatable bonds is 3. The van der Waals surface area contributed by atoms with E-state index >= 15 is 0 Å². The molecule has 1 aliphatic rings. The van der Waals surface area contributed by atoms with Crippen LogP contribution in [0.3, 0.4) is 0 Å². The van der Waals surface area contributed by atoms with Crippen LogP contribution in [0.2, 0.25) is 0 Å². The molecule has 1 heterocycles. The third-order valence-electron chi connectivity index (χ3n) is 3.44. The molecule has 1 aromatic rings. The van der Waals surface area contributed by atoms with E-state index in [-0.39, 0.29) is 23.9 Å². The zero-order chi connectivity index (χ0) is 14.5. The minimum Gasteiger partial charge on any atom is -0.353 e. The highest BCUT2D eigenvalue weighted by Gasteiger charge is 2.34. The van der Waals surface area contributed by atoms with Crippen LogP contribution >= 0.6 is 0 Å². The second-order valence-electron chi connectivity index (χ2n) is 5.32. The number of nitrogens with zero attached hydrogens (tertiary/aromatic N) is 1. The molecule has 3 amide bonds. The fourth-order valence-electron chi connectivity index (χ4n) is 2.45. The standard InChI is InChI=1S/C15H21N3O2/c1-11(2)13-14(19)16-8-9-18(13)15(20)17-10-12-6-4-3-5-7-12/h3-7,11,13H,8-10H2,1-2H3,(H,16,19)(H,17,20). The van der Waals surface area contributed by atoms with Crippen LogP contribution in [0.5, 0.6) is 0 Å². The van der Waals surface area contributed by atoms with Crippen LogP contribution < -0.4 is 10.6 Å². The first-order chi connectivity index (χ1) is 9.59. The van der Waals surface area contributed by atoms with Gasteiger partial charge >= 0.3 is 6.03 Å². The van der Waals surface area contributed by atoms with Gasteiger partial charge in [-0.25, -0.2) is 4.79 Å². The molecular weight excluding hydrogens is 254 g/mol. The van der Waals surface area contributed by atoms with E-state index in [9.17, 15) is 9.59 Å². The molecule has 2 rings (SSSR count). The van der Waals surface area contributed by atoms with Crippen LogP contribution in [0, 0.1) is 5.92 Å². The summed E-state index contributed by atoms with van der Waals surface area (Å²) in [6.07, 6.45) is 0. The highest BCUT2D eigenvalue weighted by Crippen LogP contribution is 2.14. The van der Waals surface area contributed by atoms with E-state index in [2.05, 4.69) is 10.6 Å². The van der Waals surface area contributed by atoms with Crippen molar-refractivity contribution in [2.45, 2.75) is 26.4 Å². The Morgan fingerprint density at radius 2 is 2.10 bits per heavy atom. The lowest BCUT2D eigenvalue weighted by molar-refractivity contribution is -0.129. The van der Waals surface area contributed by atoms with E-state index in [1.165, 1.54) is 0 Å². The number of carbonyl (C=O) groups excluding carboxylic acids is 2. The summed E-state index contributed by atoms with van der Waals surface area (Å²) in [5, 5.41) is 5.69. The number of nitrogens with one attached hydrogen (secondary N) is 2. The zero-order valence-corrected chi connectivity index (χ0v) is 11.9. The van der Waals surface area contributed by atoms with Crippen molar-refractivity contribution in [1.29, 1.82) is 0 Å². The molecular formula is C15H21N3O2.